The molecule has 0 bridgehead atoms. The van der Waals surface area contributed by atoms with Crippen LogP contribution >= 0.6 is 25.3 Å². The fraction of sp³-hybridized carbons (Fsp3) is 0.485. The fourth-order valence-electron chi connectivity index (χ4n) is 4.88. The number of aryl methyl sites for hydroxylation is 2. The SMILES string of the molecule is COc1cc(C)c(C[C@H](N)C(=O)N[C@@H](C(=O)NCC(=O)N[C@@H](Cc2ccccc2)C(=O)N[C@@H](C(=O)O)C(C)(C)S)C(C)(C)S)c(C)c1. The highest BCUT2D eigenvalue weighted by molar-refractivity contribution is 7.82. The van der Waals surface area contributed by atoms with Crippen molar-refractivity contribution in [3.05, 3.63) is 64.7 Å². The van der Waals surface area contributed by atoms with Crippen molar-refractivity contribution >= 4 is 54.9 Å². The van der Waals surface area contributed by atoms with E-state index in [0.717, 1.165) is 16.7 Å². The Balaban J connectivity index is 2.13. The Labute approximate surface area is 287 Å². The van der Waals surface area contributed by atoms with Crippen LogP contribution in [0.2, 0.25) is 0 Å². The van der Waals surface area contributed by atoms with E-state index < -0.39 is 69.8 Å². The summed E-state index contributed by atoms with van der Waals surface area (Å²) in [6.07, 6.45) is 0.272. The van der Waals surface area contributed by atoms with Crippen molar-refractivity contribution in [3.8, 4) is 5.75 Å². The molecule has 0 heterocycles. The summed E-state index contributed by atoms with van der Waals surface area (Å²) >= 11 is 8.80. The number of nitrogens with one attached hydrogen (secondary N) is 4. The van der Waals surface area contributed by atoms with Crippen LogP contribution in [0.5, 0.6) is 5.75 Å². The number of carboxylic acids is 1. The first-order valence-electron chi connectivity index (χ1n) is 15.0. The number of nitrogens with two attached hydrogens (primary N) is 1. The van der Waals surface area contributed by atoms with Crippen LogP contribution in [0.25, 0.3) is 0 Å². The number of thiol groups is 2. The lowest BCUT2D eigenvalue weighted by molar-refractivity contribution is -0.143. The number of rotatable bonds is 16. The number of carbonyl (C=O) groups is 5. The maximum Gasteiger partial charge on any atom is 0.327 e. The zero-order valence-electron chi connectivity index (χ0n) is 27.8. The Hall–Kier alpha value is -3.75. The van der Waals surface area contributed by atoms with Gasteiger partial charge >= 0.3 is 5.97 Å². The Morgan fingerprint density at radius 1 is 0.830 bits per heavy atom. The maximum atomic E-state index is 13.3. The minimum absolute atomic E-state index is 0.0546. The van der Waals surface area contributed by atoms with Gasteiger partial charge in [0, 0.05) is 15.9 Å². The summed E-state index contributed by atoms with van der Waals surface area (Å²) in [5.74, 6) is -3.31. The first-order chi connectivity index (χ1) is 21.7. The maximum absolute atomic E-state index is 13.3. The molecule has 2 aromatic carbocycles. The summed E-state index contributed by atoms with van der Waals surface area (Å²) in [5.41, 5.74) is 9.67. The average Bonchev–Trinajstić information content (AvgIpc) is 2.97. The first kappa shape index (κ1) is 39.4. The van der Waals surface area contributed by atoms with Crippen LogP contribution in [-0.4, -0.2) is 82.0 Å². The molecule has 14 heteroatoms. The minimum Gasteiger partial charge on any atom is -0.497 e. The second-order valence-corrected chi connectivity index (χ2v) is 14.9. The molecule has 0 aromatic heterocycles. The Morgan fingerprint density at radius 3 is 1.85 bits per heavy atom. The Kier molecular flexibility index (Phi) is 14.2. The molecule has 2 rings (SSSR count). The van der Waals surface area contributed by atoms with E-state index in [-0.39, 0.29) is 12.8 Å². The predicted octanol–water partition coefficient (Wildman–Crippen LogP) is 1.50. The molecule has 0 saturated carbocycles. The van der Waals surface area contributed by atoms with Gasteiger partial charge in [-0.2, -0.15) is 25.3 Å². The second kappa shape index (κ2) is 16.9. The molecule has 0 aliphatic heterocycles. The number of amides is 4. The van der Waals surface area contributed by atoms with E-state index in [1.807, 2.05) is 26.0 Å². The number of hydrogen-bond acceptors (Lipinski definition) is 9. The number of carbonyl (C=O) groups excluding carboxylic acids is 4. The van der Waals surface area contributed by atoms with E-state index >= 15 is 0 Å². The molecule has 0 aliphatic carbocycles. The van der Waals surface area contributed by atoms with E-state index in [2.05, 4.69) is 46.5 Å². The average molecular weight is 690 g/mol. The van der Waals surface area contributed by atoms with Gasteiger partial charge in [0.05, 0.1) is 19.7 Å². The molecule has 0 unspecified atom stereocenters. The second-order valence-electron chi connectivity index (χ2n) is 12.6. The molecule has 47 heavy (non-hydrogen) atoms. The molecule has 12 nitrogen and oxygen atoms in total. The van der Waals surface area contributed by atoms with Crippen LogP contribution in [0, 0.1) is 13.8 Å². The van der Waals surface area contributed by atoms with Crippen LogP contribution in [-0.2, 0) is 36.8 Å². The summed E-state index contributed by atoms with van der Waals surface area (Å²) in [6, 6.07) is 7.88. The Bertz CT molecular complexity index is 1420. The highest BCUT2D eigenvalue weighted by Crippen LogP contribution is 2.23. The van der Waals surface area contributed by atoms with E-state index in [1.54, 1.807) is 65.1 Å². The third-order valence-corrected chi connectivity index (χ3v) is 8.04. The predicted molar refractivity (Wildman–Crippen MR) is 187 cm³/mol. The number of carboxylic acid groups (broad SMARTS) is 1. The summed E-state index contributed by atoms with van der Waals surface area (Å²) in [7, 11) is 1.57. The fourth-order valence-corrected chi connectivity index (χ4v) is 5.23. The van der Waals surface area contributed by atoms with Crippen molar-refractivity contribution in [1.82, 2.24) is 21.3 Å². The third kappa shape index (κ3) is 12.1. The molecular weight excluding hydrogens is 643 g/mol. The van der Waals surface area contributed by atoms with E-state index in [9.17, 15) is 29.1 Å². The highest BCUT2D eigenvalue weighted by Gasteiger charge is 2.37. The molecule has 0 aliphatic rings. The van der Waals surface area contributed by atoms with E-state index in [4.69, 9.17) is 10.5 Å². The van der Waals surface area contributed by atoms with Crippen LogP contribution in [0.4, 0.5) is 0 Å². The molecule has 0 saturated heterocycles. The molecule has 7 N–H and O–H groups in total. The lowest BCUT2D eigenvalue weighted by atomic mass is 9.95. The van der Waals surface area contributed by atoms with Gasteiger partial charge in [0.25, 0.3) is 0 Å². The highest BCUT2D eigenvalue weighted by atomic mass is 32.1. The van der Waals surface area contributed by atoms with Crippen LogP contribution in [0.15, 0.2) is 42.5 Å². The summed E-state index contributed by atoms with van der Waals surface area (Å²) < 4.78 is 3.14. The molecular formula is C33H47N5O7S2. The van der Waals surface area contributed by atoms with Gasteiger partial charge in [0.1, 0.15) is 23.9 Å². The molecule has 2 aromatic rings. The van der Waals surface area contributed by atoms with Crippen molar-refractivity contribution < 1.29 is 33.8 Å². The van der Waals surface area contributed by atoms with Gasteiger partial charge < -0.3 is 36.8 Å². The number of hydrogen-bond donors (Lipinski definition) is 8. The smallest absolute Gasteiger partial charge is 0.327 e. The van der Waals surface area contributed by atoms with Crippen molar-refractivity contribution in [2.75, 3.05) is 13.7 Å². The van der Waals surface area contributed by atoms with Gasteiger partial charge in [-0.05, 0) is 82.3 Å². The monoisotopic (exact) mass is 689 g/mol. The van der Waals surface area contributed by atoms with Crippen LogP contribution < -0.4 is 31.7 Å². The number of aliphatic carboxylic acids is 1. The van der Waals surface area contributed by atoms with Gasteiger partial charge in [-0.3, -0.25) is 19.2 Å². The molecule has 258 valence electrons. The van der Waals surface area contributed by atoms with Gasteiger partial charge in [0.15, 0.2) is 0 Å². The third-order valence-electron chi connectivity index (χ3n) is 7.52. The van der Waals surface area contributed by atoms with Crippen molar-refractivity contribution in [3.63, 3.8) is 0 Å². The van der Waals surface area contributed by atoms with Crippen molar-refractivity contribution in [1.29, 1.82) is 0 Å². The Morgan fingerprint density at radius 2 is 1.36 bits per heavy atom. The van der Waals surface area contributed by atoms with E-state index in [1.165, 1.54) is 0 Å². The van der Waals surface area contributed by atoms with Gasteiger partial charge in [-0.25, -0.2) is 4.79 Å². The van der Waals surface area contributed by atoms with Gasteiger partial charge in [-0.15, -0.1) is 0 Å². The molecule has 4 amide bonds. The minimum atomic E-state index is -1.35. The molecule has 4 atom stereocenters. The summed E-state index contributed by atoms with van der Waals surface area (Å²) in [5, 5.41) is 19.8. The number of methoxy groups -OCH3 is 1. The van der Waals surface area contributed by atoms with E-state index in [0.29, 0.717) is 11.3 Å². The standard InChI is InChI=1S/C33H47N5O7S2/c1-18-13-21(45-7)14-19(2)22(18)16-23(34)28(40)37-26(32(3,4)46)30(42)35-17-25(39)36-24(15-20-11-9-8-10-12-20)29(41)38-27(31(43)44)33(5,6)47/h8-14,23-24,26-27,46-47H,15-17,34H2,1-7H3,(H,35,42)(H,36,39)(H,37,40)(H,38,41)(H,43,44)/t23-,24-,26-,27-/m0/s1. The zero-order chi connectivity index (χ0) is 35.7. The normalized spacial score (nSPS) is 14.2. The first-order valence-corrected chi connectivity index (χ1v) is 15.9. The topological polar surface area (TPSA) is 189 Å². The zero-order valence-corrected chi connectivity index (χ0v) is 29.6. The molecule has 0 fully saturated rings. The summed E-state index contributed by atoms with van der Waals surface area (Å²) in [4.78, 5) is 64.5. The van der Waals surface area contributed by atoms with Crippen LogP contribution in [0.3, 0.4) is 0 Å². The van der Waals surface area contributed by atoms with Crippen molar-refractivity contribution in [2.45, 2.75) is 88.0 Å². The van der Waals surface area contributed by atoms with Gasteiger partial charge in [-0.1, -0.05) is 30.3 Å². The largest absolute Gasteiger partial charge is 0.497 e. The van der Waals surface area contributed by atoms with Crippen LogP contribution in [0.1, 0.15) is 49.9 Å². The molecule has 0 radical (unpaired) electrons. The number of benzene rings is 2. The van der Waals surface area contributed by atoms with Gasteiger partial charge in [0.2, 0.25) is 23.6 Å². The number of ether oxygens (including phenoxy) is 1. The quantitative estimate of drug-likeness (QED) is 0.122. The lowest BCUT2D eigenvalue weighted by Gasteiger charge is -2.31. The lowest BCUT2D eigenvalue weighted by Crippen LogP contribution is -2.60. The van der Waals surface area contributed by atoms with Crippen molar-refractivity contribution in [2.24, 2.45) is 5.73 Å². The molecule has 0 spiro atoms. The summed E-state index contributed by atoms with van der Waals surface area (Å²) in [6.45, 7) is 9.60.